The first-order valence-corrected chi connectivity index (χ1v) is 5.47. The molecule has 0 aliphatic rings. The summed E-state index contributed by atoms with van der Waals surface area (Å²) in [7, 11) is 1.57. The molecule has 0 bridgehead atoms. The molecule has 1 aromatic rings. The Balaban J connectivity index is 2.72. The van der Waals surface area contributed by atoms with Crippen molar-refractivity contribution >= 4 is 33.4 Å². The Bertz CT molecular complexity index is 362. The minimum atomic E-state index is -0.145. The summed E-state index contributed by atoms with van der Waals surface area (Å²) in [5, 5.41) is 5.43. The lowest BCUT2D eigenvalue weighted by Gasteiger charge is -2.04. The first kappa shape index (κ1) is 11.7. The number of rotatable bonds is 3. The molecule has 0 aromatic heterocycles. The van der Waals surface area contributed by atoms with Crippen LogP contribution < -0.4 is 10.6 Å². The number of benzene rings is 1. The van der Waals surface area contributed by atoms with Crippen LogP contribution in [-0.4, -0.2) is 24.2 Å². The molecular formula is C10H11BrN2O2. The predicted molar refractivity (Wildman–Crippen MR) is 62.3 cm³/mol. The van der Waals surface area contributed by atoms with Gasteiger partial charge in [-0.15, -0.1) is 0 Å². The van der Waals surface area contributed by atoms with Crippen LogP contribution in [0, 0.1) is 0 Å². The molecule has 0 aliphatic carbocycles. The molecule has 4 nitrogen and oxygen atoms in total. The van der Waals surface area contributed by atoms with Crippen LogP contribution in [0.2, 0.25) is 0 Å². The van der Waals surface area contributed by atoms with Crippen LogP contribution in [-0.2, 0) is 4.79 Å². The van der Waals surface area contributed by atoms with Crippen molar-refractivity contribution in [3.8, 4) is 0 Å². The standard InChI is InChI=1S/C10H11BrN2O2/c1-12-10(15)7-2-4-8(5-3-7)13-9(14)6-11/h2-5H,6H2,1H3,(H,12,15)(H,13,14). The van der Waals surface area contributed by atoms with Gasteiger partial charge in [0.25, 0.3) is 5.91 Å². The van der Waals surface area contributed by atoms with Gasteiger partial charge in [-0.3, -0.25) is 9.59 Å². The van der Waals surface area contributed by atoms with Gasteiger partial charge >= 0.3 is 0 Å². The van der Waals surface area contributed by atoms with Crippen LogP contribution in [0.1, 0.15) is 10.4 Å². The largest absolute Gasteiger partial charge is 0.355 e. The van der Waals surface area contributed by atoms with Crippen molar-refractivity contribution in [3.05, 3.63) is 29.8 Å². The van der Waals surface area contributed by atoms with E-state index in [1.807, 2.05) is 0 Å². The van der Waals surface area contributed by atoms with E-state index in [0.717, 1.165) is 0 Å². The second kappa shape index (κ2) is 5.50. The fourth-order valence-electron chi connectivity index (χ4n) is 1.04. The summed E-state index contributed by atoms with van der Waals surface area (Å²) in [5.74, 6) is -0.268. The number of carbonyl (C=O) groups excluding carboxylic acids is 2. The normalized spacial score (nSPS) is 9.47. The SMILES string of the molecule is CNC(=O)c1ccc(NC(=O)CBr)cc1. The van der Waals surface area contributed by atoms with E-state index < -0.39 is 0 Å². The molecule has 15 heavy (non-hydrogen) atoms. The molecule has 80 valence electrons. The van der Waals surface area contributed by atoms with Crippen molar-refractivity contribution in [2.24, 2.45) is 0 Å². The van der Waals surface area contributed by atoms with Crippen molar-refractivity contribution in [2.75, 3.05) is 17.7 Å². The third-order valence-electron chi connectivity index (χ3n) is 1.78. The Hall–Kier alpha value is -1.36. The maximum atomic E-state index is 11.2. The molecule has 1 rings (SSSR count). The summed E-state index contributed by atoms with van der Waals surface area (Å²) in [6, 6.07) is 6.68. The molecule has 0 saturated carbocycles. The van der Waals surface area contributed by atoms with Gasteiger partial charge in [-0.1, -0.05) is 15.9 Å². The molecule has 0 saturated heterocycles. The van der Waals surface area contributed by atoms with E-state index >= 15 is 0 Å². The highest BCUT2D eigenvalue weighted by atomic mass is 79.9. The Kier molecular flexibility index (Phi) is 4.30. The maximum Gasteiger partial charge on any atom is 0.251 e. The summed E-state index contributed by atoms with van der Waals surface area (Å²) in [6.45, 7) is 0. The zero-order valence-electron chi connectivity index (χ0n) is 8.21. The summed E-state index contributed by atoms with van der Waals surface area (Å²) >= 11 is 3.04. The van der Waals surface area contributed by atoms with Gasteiger partial charge in [0.2, 0.25) is 5.91 Å². The van der Waals surface area contributed by atoms with E-state index in [9.17, 15) is 9.59 Å². The monoisotopic (exact) mass is 270 g/mol. The number of nitrogens with one attached hydrogen (secondary N) is 2. The first-order chi connectivity index (χ1) is 7.17. The lowest BCUT2D eigenvalue weighted by Crippen LogP contribution is -2.18. The van der Waals surface area contributed by atoms with E-state index in [1.54, 1.807) is 31.3 Å². The van der Waals surface area contributed by atoms with Crippen molar-refractivity contribution in [1.29, 1.82) is 0 Å². The molecule has 0 heterocycles. The average Bonchev–Trinajstić information content (AvgIpc) is 2.29. The number of anilines is 1. The van der Waals surface area contributed by atoms with Crippen molar-refractivity contribution in [2.45, 2.75) is 0 Å². The van der Waals surface area contributed by atoms with Gasteiger partial charge in [-0.25, -0.2) is 0 Å². The summed E-state index contributed by atoms with van der Waals surface area (Å²) in [4.78, 5) is 22.2. The van der Waals surface area contributed by atoms with Gasteiger partial charge in [0.15, 0.2) is 0 Å². The summed E-state index contributed by atoms with van der Waals surface area (Å²) in [5.41, 5.74) is 1.24. The van der Waals surface area contributed by atoms with E-state index in [1.165, 1.54) is 0 Å². The van der Waals surface area contributed by atoms with Crippen molar-refractivity contribution < 1.29 is 9.59 Å². The molecule has 0 aliphatic heterocycles. The van der Waals surface area contributed by atoms with E-state index in [2.05, 4.69) is 26.6 Å². The highest BCUT2D eigenvalue weighted by Gasteiger charge is 2.03. The van der Waals surface area contributed by atoms with Crippen LogP contribution in [0.4, 0.5) is 5.69 Å². The van der Waals surface area contributed by atoms with E-state index in [0.29, 0.717) is 11.3 Å². The molecule has 0 atom stereocenters. The van der Waals surface area contributed by atoms with Crippen LogP contribution in [0.3, 0.4) is 0 Å². The van der Waals surface area contributed by atoms with Crippen LogP contribution in [0.5, 0.6) is 0 Å². The van der Waals surface area contributed by atoms with Gasteiger partial charge in [0.05, 0.1) is 5.33 Å². The molecule has 0 spiro atoms. The van der Waals surface area contributed by atoms with Crippen molar-refractivity contribution in [1.82, 2.24) is 5.32 Å². The predicted octanol–water partition coefficient (Wildman–Crippen LogP) is 1.38. The molecule has 2 N–H and O–H groups in total. The zero-order valence-corrected chi connectivity index (χ0v) is 9.80. The van der Waals surface area contributed by atoms with Gasteiger partial charge < -0.3 is 10.6 Å². The molecule has 1 aromatic carbocycles. The van der Waals surface area contributed by atoms with Crippen molar-refractivity contribution in [3.63, 3.8) is 0 Å². The number of halogens is 1. The second-order valence-corrected chi connectivity index (χ2v) is 3.40. The third-order valence-corrected chi connectivity index (χ3v) is 2.29. The maximum absolute atomic E-state index is 11.2. The second-order valence-electron chi connectivity index (χ2n) is 2.84. The fraction of sp³-hybridized carbons (Fsp3) is 0.200. The molecule has 5 heteroatoms. The van der Waals surface area contributed by atoms with Gasteiger partial charge in [-0.2, -0.15) is 0 Å². The van der Waals surface area contributed by atoms with Gasteiger partial charge in [-0.05, 0) is 24.3 Å². The van der Waals surface area contributed by atoms with Gasteiger partial charge in [0.1, 0.15) is 0 Å². The topological polar surface area (TPSA) is 58.2 Å². The smallest absolute Gasteiger partial charge is 0.251 e. The van der Waals surface area contributed by atoms with E-state index in [-0.39, 0.29) is 17.1 Å². The Labute approximate surface area is 96.2 Å². The molecule has 2 amide bonds. The van der Waals surface area contributed by atoms with Crippen LogP contribution in [0.25, 0.3) is 0 Å². The highest BCUT2D eigenvalue weighted by molar-refractivity contribution is 9.09. The summed E-state index contributed by atoms with van der Waals surface area (Å²) < 4.78 is 0. The molecular weight excluding hydrogens is 260 g/mol. The van der Waals surface area contributed by atoms with E-state index in [4.69, 9.17) is 0 Å². The fourth-order valence-corrected chi connectivity index (χ4v) is 1.18. The molecule has 0 fully saturated rings. The first-order valence-electron chi connectivity index (χ1n) is 4.35. The van der Waals surface area contributed by atoms with Crippen LogP contribution >= 0.6 is 15.9 Å². The number of hydrogen-bond acceptors (Lipinski definition) is 2. The highest BCUT2D eigenvalue weighted by Crippen LogP contribution is 2.09. The number of amides is 2. The summed E-state index contributed by atoms with van der Waals surface area (Å²) in [6.07, 6.45) is 0. The number of carbonyl (C=O) groups is 2. The molecule has 0 unspecified atom stereocenters. The minimum Gasteiger partial charge on any atom is -0.355 e. The molecule has 0 radical (unpaired) electrons. The minimum absolute atomic E-state index is 0.123. The quantitative estimate of drug-likeness (QED) is 0.816. The Morgan fingerprint density at radius 1 is 1.27 bits per heavy atom. The van der Waals surface area contributed by atoms with Gasteiger partial charge in [0, 0.05) is 18.3 Å². The number of alkyl halides is 1. The zero-order chi connectivity index (χ0) is 11.3. The Morgan fingerprint density at radius 2 is 1.87 bits per heavy atom. The lowest BCUT2D eigenvalue weighted by atomic mass is 10.2. The third kappa shape index (κ3) is 3.36. The lowest BCUT2D eigenvalue weighted by molar-refractivity contribution is -0.113. The van der Waals surface area contributed by atoms with Crippen LogP contribution in [0.15, 0.2) is 24.3 Å². The average molecular weight is 271 g/mol. The Morgan fingerprint density at radius 3 is 2.33 bits per heavy atom. The number of hydrogen-bond donors (Lipinski definition) is 2.